The van der Waals surface area contributed by atoms with Gasteiger partial charge in [-0.3, -0.25) is 0 Å². The molecular formula is C24H23BrN2. The molecule has 0 aliphatic carbocycles. The first-order valence-corrected chi connectivity index (χ1v) is 10.2. The highest BCUT2D eigenvalue weighted by Gasteiger charge is 2.16. The number of halogens is 1. The Balaban J connectivity index is 1.90. The summed E-state index contributed by atoms with van der Waals surface area (Å²) in [5.41, 5.74) is 13.3. The molecule has 0 aliphatic rings. The van der Waals surface area contributed by atoms with E-state index in [9.17, 15) is 0 Å². The molecule has 3 aromatic carbocycles. The van der Waals surface area contributed by atoms with Crippen molar-refractivity contribution >= 4 is 26.8 Å². The van der Waals surface area contributed by atoms with E-state index in [4.69, 9.17) is 5.73 Å². The van der Waals surface area contributed by atoms with Crippen molar-refractivity contribution in [3.05, 3.63) is 82.8 Å². The summed E-state index contributed by atoms with van der Waals surface area (Å²) in [7, 11) is 0. The summed E-state index contributed by atoms with van der Waals surface area (Å²) in [5, 5.41) is 1.29. The predicted octanol–water partition coefficient (Wildman–Crippen LogP) is 6.55. The molecule has 27 heavy (non-hydrogen) atoms. The van der Waals surface area contributed by atoms with Gasteiger partial charge in [-0.2, -0.15) is 0 Å². The van der Waals surface area contributed by atoms with Crippen LogP contribution in [0.1, 0.15) is 18.4 Å². The van der Waals surface area contributed by atoms with Gasteiger partial charge in [0, 0.05) is 20.9 Å². The Morgan fingerprint density at radius 2 is 1.56 bits per heavy atom. The maximum absolute atomic E-state index is 5.74. The van der Waals surface area contributed by atoms with Gasteiger partial charge < -0.3 is 10.7 Å². The Labute approximate surface area is 168 Å². The fourth-order valence-corrected chi connectivity index (χ4v) is 4.09. The van der Waals surface area contributed by atoms with Crippen molar-refractivity contribution in [2.24, 2.45) is 5.73 Å². The normalized spacial score (nSPS) is 11.2. The first kappa shape index (κ1) is 18.0. The second kappa shape index (κ2) is 8.12. The number of unbranched alkanes of at least 4 members (excludes halogenated alkanes) is 1. The summed E-state index contributed by atoms with van der Waals surface area (Å²) >= 11 is 3.63. The third-order valence-electron chi connectivity index (χ3n) is 5.03. The highest BCUT2D eigenvalue weighted by Crippen LogP contribution is 2.38. The Bertz CT molecular complexity index is 1050. The van der Waals surface area contributed by atoms with Gasteiger partial charge in [0.2, 0.25) is 0 Å². The number of hydrogen-bond acceptors (Lipinski definition) is 1. The van der Waals surface area contributed by atoms with E-state index in [0.29, 0.717) is 0 Å². The third kappa shape index (κ3) is 3.71. The van der Waals surface area contributed by atoms with Gasteiger partial charge in [-0.1, -0.05) is 70.5 Å². The van der Waals surface area contributed by atoms with Gasteiger partial charge in [0.25, 0.3) is 0 Å². The van der Waals surface area contributed by atoms with Crippen LogP contribution < -0.4 is 5.73 Å². The highest BCUT2D eigenvalue weighted by molar-refractivity contribution is 9.10. The number of rotatable bonds is 6. The third-order valence-corrected chi connectivity index (χ3v) is 5.52. The van der Waals surface area contributed by atoms with Crippen molar-refractivity contribution in [2.75, 3.05) is 6.54 Å². The number of aryl methyl sites for hydroxylation is 1. The highest BCUT2D eigenvalue weighted by atomic mass is 79.9. The Kier molecular flexibility index (Phi) is 5.42. The van der Waals surface area contributed by atoms with E-state index in [-0.39, 0.29) is 0 Å². The topological polar surface area (TPSA) is 41.8 Å². The first-order chi connectivity index (χ1) is 13.3. The van der Waals surface area contributed by atoms with Gasteiger partial charge in [-0.05, 0) is 60.7 Å². The maximum atomic E-state index is 5.74. The van der Waals surface area contributed by atoms with Crippen LogP contribution in [0, 0.1) is 0 Å². The Hall–Kier alpha value is -2.36. The molecule has 4 rings (SSSR count). The van der Waals surface area contributed by atoms with Gasteiger partial charge >= 0.3 is 0 Å². The molecular weight excluding hydrogens is 396 g/mol. The zero-order chi connectivity index (χ0) is 18.6. The number of hydrogen-bond donors (Lipinski definition) is 2. The molecule has 0 spiro atoms. The first-order valence-electron chi connectivity index (χ1n) is 9.43. The van der Waals surface area contributed by atoms with E-state index in [0.717, 1.165) is 30.3 Å². The minimum atomic E-state index is 0.738. The van der Waals surface area contributed by atoms with E-state index < -0.39 is 0 Å². The Morgan fingerprint density at radius 3 is 2.33 bits per heavy atom. The molecule has 4 aromatic rings. The molecule has 0 aliphatic heterocycles. The number of nitrogens with two attached hydrogens (primary N) is 1. The average molecular weight is 419 g/mol. The fourth-order valence-electron chi connectivity index (χ4n) is 3.73. The molecule has 3 heteroatoms. The average Bonchev–Trinajstić information content (AvgIpc) is 3.06. The van der Waals surface area contributed by atoms with Gasteiger partial charge in [0.1, 0.15) is 0 Å². The minimum Gasteiger partial charge on any atom is -0.354 e. The minimum absolute atomic E-state index is 0.738. The fraction of sp³-hybridized carbons (Fsp3) is 0.167. The summed E-state index contributed by atoms with van der Waals surface area (Å²) in [6, 6.07) is 25.7. The number of nitrogens with one attached hydrogen (secondary N) is 1. The number of H-pyrrole nitrogens is 1. The van der Waals surface area contributed by atoms with Crippen LogP contribution >= 0.6 is 15.9 Å². The van der Waals surface area contributed by atoms with Gasteiger partial charge in [0.15, 0.2) is 0 Å². The molecule has 3 N–H and O–H groups in total. The second-order valence-electron chi connectivity index (χ2n) is 6.83. The van der Waals surface area contributed by atoms with E-state index in [1.165, 1.54) is 38.9 Å². The van der Waals surface area contributed by atoms with Crippen LogP contribution in [0.15, 0.2) is 77.3 Å². The molecule has 0 saturated carbocycles. The monoisotopic (exact) mass is 418 g/mol. The number of benzene rings is 3. The van der Waals surface area contributed by atoms with Crippen LogP contribution in [-0.2, 0) is 6.42 Å². The van der Waals surface area contributed by atoms with Crippen LogP contribution in [-0.4, -0.2) is 11.5 Å². The van der Waals surface area contributed by atoms with Crippen LogP contribution in [0.25, 0.3) is 33.3 Å². The lowest BCUT2D eigenvalue weighted by Gasteiger charge is -2.11. The lowest BCUT2D eigenvalue weighted by molar-refractivity contribution is 0.748. The van der Waals surface area contributed by atoms with Crippen molar-refractivity contribution in [1.29, 1.82) is 0 Å². The number of fused-ring (bicyclic) bond motifs is 1. The summed E-state index contributed by atoms with van der Waals surface area (Å²) < 4.78 is 1.11. The summed E-state index contributed by atoms with van der Waals surface area (Å²) in [6.45, 7) is 0.738. The van der Waals surface area contributed by atoms with Crippen LogP contribution in [0.5, 0.6) is 0 Å². The number of aromatic nitrogens is 1. The van der Waals surface area contributed by atoms with Crippen LogP contribution in [0.2, 0.25) is 0 Å². The lowest BCUT2D eigenvalue weighted by Crippen LogP contribution is -1.99. The van der Waals surface area contributed by atoms with Gasteiger partial charge in [-0.25, -0.2) is 0 Å². The molecule has 0 bridgehead atoms. The molecule has 0 atom stereocenters. The molecule has 0 saturated heterocycles. The molecule has 0 radical (unpaired) electrons. The summed E-state index contributed by atoms with van der Waals surface area (Å²) in [5.74, 6) is 0. The molecule has 2 nitrogen and oxygen atoms in total. The maximum Gasteiger partial charge on any atom is 0.0503 e. The quantitative estimate of drug-likeness (QED) is 0.342. The van der Waals surface area contributed by atoms with E-state index in [1.54, 1.807) is 0 Å². The van der Waals surface area contributed by atoms with Crippen molar-refractivity contribution in [2.45, 2.75) is 19.3 Å². The standard InChI is InChI=1S/C24H23BrN2/c25-18-13-14-23-22(16-18)21(12-6-7-15-26)24(27-23)20-11-5-4-10-19(20)17-8-2-1-3-9-17/h1-5,8-11,13-14,16,27H,6-7,12,15,26H2. The molecule has 1 heterocycles. The largest absolute Gasteiger partial charge is 0.354 e. The van der Waals surface area contributed by atoms with E-state index in [2.05, 4.69) is 93.7 Å². The zero-order valence-electron chi connectivity index (χ0n) is 15.2. The smallest absolute Gasteiger partial charge is 0.0503 e. The Morgan fingerprint density at radius 1 is 0.815 bits per heavy atom. The van der Waals surface area contributed by atoms with Crippen LogP contribution in [0.3, 0.4) is 0 Å². The molecule has 0 amide bonds. The van der Waals surface area contributed by atoms with E-state index >= 15 is 0 Å². The summed E-state index contributed by atoms with van der Waals surface area (Å²) in [6.07, 6.45) is 3.16. The number of aromatic amines is 1. The SMILES string of the molecule is NCCCCc1c(-c2ccccc2-c2ccccc2)[nH]c2ccc(Br)cc12. The van der Waals surface area contributed by atoms with Crippen molar-refractivity contribution in [1.82, 2.24) is 4.98 Å². The van der Waals surface area contributed by atoms with Gasteiger partial charge in [0.05, 0.1) is 5.69 Å². The molecule has 1 aromatic heterocycles. The van der Waals surface area contributed by atoms with Crippen LogP contribution in [0.4, 0.5) is 0 Å². The molecule has 0 fully saturated rings. The lowest BCUT2D eigenvalue weighted by atomic mass is 9.94. The zero-order valence-corrected chi connectivity index (χ0v) is 16.8. The van der Waals surface area contributed by atoms with Gasteiger partial charge in [-0.15, -0.1) is 0 Å². The van der Waals surface area contributed by atoms with E-state index in [1.807, 2.05) is 0 Å². The predicted molar refractivity (Wildman–Crippen MR) is 119 cm³/mol. The van der Waals surface area contributed by atoms with Crippen molar-refractivity contribution < 1.29 is 0 Å². The van der Waals surface area contributed by atoms with Crippen molar-refractivity contribution in [3.63, 3.8) is 0 Å². The van der Waals surface area contributed by atoms with Crippen molar-refractivity contribution in [3.8, 4) is 22.4 Å². The molecule has 136 valence electrons. The second-order valence-corrected chi connectivity index (χ2v) is 7.74. The molecule has 0 unspecified atom stereocenters. The summed E-state index contributed by atoms with van der Waals surface area (Å²) in [4.78, 5) is 3.69.